The third-order valence-electron chi connectivity index (χ3n) is 5.13. The minimum Gasteiger partial charge on any atom is -0.465 e. The second kappa shape index (κ2) is 9.66. The second-order valence-corrected chi connectivity index (χ2v) is 8.59. The molecule has 0 N–H and O–H groups in total. The van der Waals surface area contributed by atoms with Crippen molar-refractivity contribution < 1.29 is 28.5 Å². The van der Waals surface area contributed by atoms with Crippen LogP contribution in [-0.4, -0.2) is 74.9 Å². The molecule has 8 nitrogen and oxygen atoms in total. The maximum atomic E-state index is 12.2. The quantitative estimate of drug-likeness (QED) is 0.693. The van der Waals surface area contributed by atoms with Crippen LogP contribution in [0.5, 0.6) is 0 Å². The van der Waals surface area contributed by atoms with E-state index in [2.05, 4.69) is 4.90 Å². The van der Waals surface area contributed by atoms with Gasteiger partial charge in [-0.1, -0.05) is 0 Å². The number of methoxy groups -OCH3 is 1. The van der Waals surface area contributed by atoms with Crippen molar-refractivity contribution in [3.05, 3.63) is 29.8 Å². The Kier molecular flexibility index (Phi) is 7.20. The van der Waals surface area contributed by atoms with E-state index in [-0.39, 0.29) is 24.5 Å². The van der Waals surface area contributed by atoms with Gasteiger partial charge in [0.1, 0.15) is 5.60 Å². The number of ether oxygens (including phenoxy) is 4. The van der Waals surface area contributed by atoms with Crippen molar-refractivity contribution in [1.29, 1.82) is 0 Å². The highest BCUT2D eigenvalue weighted by Crippen LogP contribution is 2.23. The first-order valence-corrected chi connectivity index (χ1v) is 10.4. The Hall–Kier alpha value is -2.32. The lowest BCUT2D eigenvalue weighted by atomic mass is 10.1. The molecule has 2 aliphatic heterocycles. The molecule has 2 heterocycles. The van der Waals surface area contributed by atoms with Gasteiger partial charge in [0.15, 0.2) is 6.29 Å². The van der Waals surface area contributed by atoms with Crippen LogP contribution in [0.3, 0.4) is 0 Å². The van der Waals surface area contributed by atoms with Crippen molar-refractivity contribution in [2.24, 2.45) is 0 Å². The van der Waals surface area contributed by atoms with Gasteiger partial charge in [-0.2, -0.15) is 0 Å². The van der Waals surface area contributed by atoms with E-state index >= 15 is 0 Å². The summed E-state index contributed by atoms with van der Waals surface area (Å²) in [7, 11) is 1.37. The SMILES string of the molecule is COC(=O)c1ccc(N2CCOC(OC3CCN(C(=O)OC(C)(C)C)CC3)C2)cc1. The molecule has 0 aliphatic carbocycles. The third-order valence-corrected chi connectivity index (χ3v) is 5.13. The number of anilines is 1. The number of carbonyl (C=O) groups is 2. The molecule has 166 valence electrons. The summed E-state index contributed by atoms with van der Waals surface area (Å²) in [5.41, 5.74) is 1.05. The van der Waals surface area contributed by atoms with Gasteiger partial charge in [0, 0.05) is 25.3 Å². The number of benzene rings is 1. The van der Waals surface area contributed by atoms with E-state index in [0.29, 0.717) is 31.8 Å². The zero-order valence-corrected chi connectivity index (χ0v) is 18.3. The maximum Gasteiger partial charge on any atom is 0.410 e. The normalized spacial score (nSPS) is 20.7. The van der Waals surface area contributed by atoms with Crippen molar-refractivity contribution in [3.63, 3.8) is 0 Å². The number of rotatable bonds is 4. The van der Waals surface area contributed by atoms with E-state index in [4.69, 9.17) is 18.9 Å². The highest BCUT2D eigenvalue weighted by atomic mass is 16.7. The van der Waals surface area contributed by atoms with Crippen molar-refractivity contribution in [2.75, 3.05) is 44.8 Å². The molecule has 2 aliphatic rings. The number of likely N-dealkylation sites (tertiary alicyclic amines) is 1. The fourth-order valence-electron chi connectivity index (χ4n) is 3.58. The maximum absolute atomic E-state index is 12.2. The molecular weight excluding hydrogens is 388 g/mol. The first-order chi connectivity index (χ1) is 14.2. The van der Waals surface area contributed by atoms with Crippen molar-refractivity contribution in [3.8, 4) is 0 Å². The van der Waals surface area contributed by atoms with Crippen LogP contribution < -0.4 is 4.90 Å². The van der Waals surface area contributed by atoms with Crippen molar-refractivity contribution in [2.45, 2.75) is 51.6 Å². The van der Waals surface area contributed by atoms with Crippen LogP contribution in [0.1, 0.15) is 44.0 Å². The Balaban J connectivity index is 1.48. The summed E-state index contributed by atoms with van der Waals surface area (Å²) in [6, 6.07) is 7.35. The van der Waals surface area contributed by atoms with Gasteiger partial charge in [-0.05, 0) is 57.9 Å². The van der Waals surface area contributed by atoms with Gasteiger partial charge < -0.3 is 28.7 Å². The first-order valence-electron chi connectivity index (χ1n) is 10.4. The van der Waals surface area contributed by atoms with Gasteiger partial charge in [0.25, 0.3) is 0 Å². The average Bonchev–Trinajstić information content (AvgIpc) is 2.73. The molecule has 0 aromatic heterocycles. The van der Waals surface area contributed by atoms with Crippen LogP contribution in [-0.2, 0) is 18.9 Å². The molecular formula is C22H32N2O6. The summed E-state index contributed by atoms with van der Waals surface area (Å²) >= 11 is 0. The van der Waals surface area contributed by atoms with Gasteiger partial charge in [-0.25, -0.2) is 9.59 Å². The largest absolute Gasteiger partial charge is 0.465 e. The van der Waals surface area contributed by atoms with Gasteiger partial charge in [0.2, 0.25) is 0 Å². The number of morpholine rings is 1. The monoisotopic (exact) mass is 420 g/mol. The van der Waals surface area contributed by atoms with Crippen LogP contribution in [0.2, 0.25) is 0 Å². The molecule has 3 rings (SSSR count). The summed E-state index contributed by atoms with van der Waals surface area (Å²) in [4.78, 5) is 27.7. The molecule has 0 saturated carbocycles. The van der Waals surface area contributed by atoms with Crippen LogP contribution in [0.25, 0.3) is 0 Å². The summed E-state index contributed by atoms with van der Waals surface area (Å²) < 4.78 is 22.2. The van der Waals surface area contributed by atoms with Gasteiger partial charge in [-0.3, -0.25) is 0 Å². The lowest BCUT2D eigenvalue weighted by Crippen LogP contribution is -2.48. The number of nitrogens with zero attached hydrogens (tertiary/aromatic N) is 2. The summed E-state index contributed by atoms with van der Waals surface area (Å²) in [5, 5.41) is 0. The van der Waals surface area contributed by atoms with E-state index in [0.717, 1.165) is 25.1 Å². The Bertz CT molecular complexity index is 722. The number of amides is 1. The number of hydrogen-bond acceptors (Lipinski definition) is 7. The lowest BCUT2D eigenvalue weighted by Gasteiger charge is -2.38. The zero-order chi connectivity index (χ0) is 21.7. The van der Waals surface area contributed by atoms with Crippen molar-refractivity contribution in [1.82, 2.24) is 4.90 Å². The first kappa shape index (κ1) is 22.4. The number of piperidine rings is 1. The van der Waals surface area contributed by atoms with E-state index in [1.54, 1.807) is 17.0 Å². The van der Waals surface area contributed by atoms with E-state index < -0.39 is 5.60 Å². The molecule has 8 heteroatoms. The van der Waals surface area contributed by atoms with Crippen molar-refractivity contribution >= 4 is 17.7 Å². The van der Waals surface area contributed by atoms with Crippen LogP contribution >= 0.6 is 0 Å². The molecule has 1 aromatic rings. The van der Waals surface area contributed by atoms with Crippen LogP contribution in [0, 0.1) is 0 Å². The second-order valence-electron chi connectivity index (χ2n) is 8.59. The predicted molar refractivity (Wildman–Crippen MR) is 112 cm³/mol. The molecule has 1 atom stereocenters. The minimum absolute atomic E-state index is 0.0512. The minimum atomic E-state index is -0.487. The van der Waals surface area contributed by atoms with E-state index in [9.17, 15) is 9.59 Å². The zero-order valence-electron chi connectivity index (χ0n) is 18.3. The molecule has 2 saturated heterocycles. The number of esters is 1. The van der Waals surface area contributed by atoms with Crippen LogP contribution in [0.15, 0.2) is 24.3 Å². The van der Waals surface area contributed by atoms with Gasteiger partial charge in [0.05, 0.1) is 31.9 Å². The van der Waals surface area contributed by atoms with Gasteiger partial charge >= 0.3 is 12.1 Å². The molecule has 0 bridgehead atoms. The molecule has 1 amide bonds. The smallest absolute Gasteiger partial charge is 0.410 e. The van der Waals surface area contributed by atoms with Crippen LogP contribution in [0.4, 0.5) is 10.5 Å². The Morgan fingerprint density at radius 1 is 1.07 bits per heavy atom. The third kappa shape index (κ3) is 6.09. The number of carbonyl (C=O) groups excluding carboxylic acids is 2. The molecule has 1 unspecified atom stereocenters. The standard InChI is InChI=1S/C22H32N2O6/c1-22(2,3)30-21(26)23-11-9-18(10-12-23)29-19-15-24(13-14-28-19)17-7-5-16(6-8-17)20(25)27-4/h5-8,18-19H,9-15H2,1-4H3. The van der Waals surface area contributed by atoms with Gasteiger partial charge in [-0.15, -0.1) is 0 Å². The fraction of sp³-hybridized carbons (Fsp3) is 0.636. The molecule has 0 radical (unpaired) electrons. The summed E-state index contributed by atoms with van der Waals surface area (Å²) in [5.74, 6) is -0.345. The predicted octanol–water partition coefficient (Wildman–Crippen LogP) is 3.05. The highest BCUT2D eigenvalue weighted by Gasteiger charge is 2.30. The highest BCUT2D eigenvalue weighted by molar-refractivity contribution is 5.89. The van der Waals surface area contributed by atoms with E-state index in [1.807, 2.05) is 32.9 Å². The topological polar surface area (TPSA) is 77.5 Å². The fourth-order valence-corrected chi connectivity index (χ4v) is 3.58. The molecule has 30 heavy (non-hydrogen) atoms. The van der Waals surface area contributed by atoms with E-state index in [1.165, 1.54) is 7.11 Å². The summed E-state index contributed by atoms with van der Waals surface area (Å²) in [6.45, 7) is 8.79. The summed E-state index contributed by atoms with van der Waals surface area (Å²) in [6.07, 6.45) is 0.976. The molecule has 2 fully saturated rings. The Morgan fingerprint density at radius 2 is 1.73 bits per heavy atom. The Labute approximate surface area is 178 Å². The average molecular weight is 421 g/mol. The number of hydrogen-bond donors (Lipinski definition) is 0. The molecule has 1 aromatic carbocycles. The molecule has 0 spiro atoms. The lowest BCUT2D eigenvalue weighted by molar-refractivity contribution is -0.181. The Morgan fingerprint density at radius 3 is 2.33 bits per heavy atom.